The van der Waals surface area contributed by atoms with E-state index in [0.29, 0.717) is 43.5 Å². The predicted molar refractivity (Wildman–Crippen MR) is 107 cm³/mol. The second-order valence-corrected chi connectivity index (χ2v) is 6.20. The van der Waals surface area contributed by atoms with Gasteiger partial charge < -0.3 is 4.74 Å². The van der Waals surface area contributed by atoms with Gasteiger partial charge in [0.15, 0.2) is 0 Å². The van der Waals surface area contributed by atoms with Gasteiger partial charge in [0.2, 0.25) is 0 Å². The molecule has 0 saturated carbocycles. The number of halogens is 3. The van der Waals surface area contributed by atoms with Gasteiger partial charge in [-0.15, -0.1) is 0 Å². The van der Waals surface area contributed by atoms with Crippen molar-refractivity contribution >= 4 is 45.8 Å². The summed E-state index contributed by atoms with van der Waals surface area (Å²) in [5.74, 6) is 0.501. The number of rotatable bonds is 2. The molecule has 3 rings (SSSR count). The first-order valence-corrected chi connectivity index (χ1v) is 8.99. The lowest BCUT2D eigenvalue weighted by Crippen LogP contribution is -1.95. The van der Waals surface area contributed by atoms with Gasteiger partial charge in [0.05, 0.1) is 34.4 Å². The minimum absolute atomic E-state index is 0.214. The van der Waals surface area contributed by atoms with Crippen LogP contribution >= 0.6 is 34.8 Å². The van der Waals surface area contributed by atoms with Crippen LogP contribution in [-0.2, 0) is 0 Å². The van der Waals surface area contributed by atoms with Gasteiger partial charge in [0, 0.05) is 11.1 Å². The van der Waals surface area contributed by atoms with Gasteiger partial charge in [-0.3, -0.25) is 0 Å². The Labute approximate surface area is 167 Å². The topological polar surface area (TPSA) is 58.8 Å². The highest BCUT2D eigenvalue weighted by molar-refractivity contribution is 6.41. The third-order valence-electron chi connectivity index (χ3n) is 3.63. The van der Waals surface area contributed by atoms with Crippen molar-refractivity contribution in [1.82, 2.24) is 9.97 Å². The van der Waals surface area contributed by atoms with Crippen LogP contribution in [0.4, 0.5) is 0 Å². The molecule has 1 aromatic heterocycles. The number of hydrogen-bond acceptors (Lipinski definition) is 4. The summed E-state index contributed by atoms with van der Waals surface area (Å²) in [5, 5.41) is 10.3. The maximum Gasteiger partial charge on any atom is 0.148 e. The predicted octanol–water partition coefficient (Wildman–Crippen LogP) is 6.47. The van der Waals surface area contributed by atoms with Crippen molar-refractivity contribution in [3.05, 3.63) is 50.7 Å². The molecule has 0 saturated heterocycles. The molecule has 2 aromatic carbocycles. The standard InChI is InChI=1S/C17H10Cl3N3O.C2H6/c1-8-5-11(24-2)15(20)13(14(8)19)10-4-3-9(6-21)16-17(10)23-12(18)7-22-16;1-2/h3-5,7H,1-2H3;1-2H3. The van der Waals surface area contributed by atoms with E-state index in [4.69, 9.17) is 39.5 Å². The van der Waals surface area contributed by atoms with Gasteiger partial charge >= 0.3 is 0 Å². The van der Waals surface area contributed by atoms with Crippen LogP contribution in [0, 0.1) is 18.3 Å². The number of fused-ring (bicyclic) bond motifs is 1. The van der Waals surface area contributed by atoms with Crippen LogP contribution in [0.5, 0.6) is 5.75 Å². The summed E-state index contributed by atoms with van der Waals surface area (Å²) in [4.78, 5) is 8.55. The van der Waals surface area contributed by atoms with E-state index in [-0.39, 0.29) is 5.15 Å². The van der Waals surface area contributed by atoms with Crippen LogP contribution in [0.2, 0.25) is 15.2 Å². The normalized spacial score (nSPS) is 10.1. The second kappa shape index (κ2) is 8.55. The van der Waals surface area contributed by atoms with E-state index in [1.807, 2.05) is 20.8 Å². The molecule has 1 heterocycles. The molecule has 0 atom stereocenters. The highest BCUT2D eigenvalue weighted by Crippen LogP contribution is 2.44. The first-order valence-electron chi connectivity index (χ1n) is 7.86. The summed E-state index contributed by atoms with van der Waals surface area (Å²) in [7, 11) is 1.53. The zero-order valence-corrected chi connectivity index (χ0v) is 17.0. The van der Waals surface area contributed by atoms with Crippen molar-refractivity contribution in [2.45, 2.75) is 20.8 Å². The lowest BCUT2D eigenvalue weighted by atomic mass is 9.99. The molecule has 4 nitrogen and oxygen atoms in total. The maximum atomic E-state index is 9.28. The molecule has 0 spiro atoms. The SMILES string of the molecule is CC.COc1cc(C)c(Cl)c(-c2ccc(C#N)c3ncc(Cl)nc23)c1Cl. The Morgan fingerprint density at radius 3 is 2.38 bits per heavy atom. The van der Waals surface area contributed by atoms with E-state index in [9.17, 15) is 5.26 Å². The fourth-order valence-corrected chi connectivity index (χ4v) is 3.25. The average molecular weight is 409 g/mol. The third kappa shape index (κ3) is 3.57. The van der Waals surface area contributed by atoms with Crippen molar-refractivity contribution < 1.29 is 4.74 Å². The van der Waals surface area contributed by atoms with E-state index in [2.05, 4.69) is 16.0 Å². The van der Waals surface area contributed by atoms with Gasteiger partial charge in [-0.2, -0.15) is 5.26 Å². The number of aryl methyl sites for hydroxylation is 1. The summed E-state index contributed by atoms with van der Waals surface area (Å²) < 4.78 is 5.32. The second-order valence-electron chi connectivity index (χ2n) is 5.06. The fourth-order valence-electron chi connectivity index (χ4n) is 2.49. The van der Waals surface area contributed by atoms with Crippen molar-refractivity contribution in [2.75, 3.05) is 7.11 Å². The number of methoxy groups -OCH3 is 1. The highest BCUT2D eigenvalue weighted by Gasteiger charge is 2.20. The molecule has 0 amide bonds. The summed E-state index contributed by atoms with van der Waals surface area (Å²) in [6.45, 7) is 5.86. The minimum Gasteiger partial charge on any atom is -0.495 e. The van der Waals surface area contributed by atoms with Gasteiger partial charge in [-0.1, -0.05) is 54.7 Å². The van der Waals surface area contributed by atoms with Crippen LogP contribution < -0.4 is 4.74 Å². The number of ether oxygens (including phenoxy) is 1. The van der Waals surface area contributed by atoms with Crippen molar-refractivity contribution in [3.8, 4) is 22.9 Å². The molecule has 0 aliphatic rings. The van der Waals surface area contributed by atoms with Crippen LogP contribution in [0.25, 0.3) is 22.2 Å². The molecule has 0 fully saturated rings. The van der Waals surface area contributed by atoms with E-state index in [0.717, 1.165) is 5.56 Å². The molecule has 134 valence electrons. The van der Waals surface area contributed by atoms with Crippen molar-refractivity contribution in [2.24, 2.45) is 0 Å². The molecule has 26 heavy (non-hydrogen) atoms. The van der Waals surface area contributed by atoms with Gasteiger partial charge in [-0.25, -0.2) is 9.97 Å². The Morgan fingerprint density at radius 1 is 1.08 bits per heavy atom. The fraction of sp³-hybridized carbons (Fsp3) is 0.211. The molecule has 7 heteroatoms. The molecule has 0 radical (unpaired) electrons. The summed E-state index contributed by atoms with van der Waals surface area (Å²) in [6.07, 6.45) is 1.40. The number of aromatic nitrogens is 2. The largest absolute Gasteiger partial charge is 0.495 e. The molecule has 0 aliphatic heterocycles. The zero-order chi connectivity index (χ0) is 19.4. The van der Waals surface area contributed by atoms with E-state index in [1.165, 1.54) is 13.3 Å². The lowest BCUT2D eigenvalue weighted by molar-refractivity contribution is 0.415. The molecule has 0 aliphatic carbocycles. The maximum absolute atomic E-state index is 9.28. The number of benzene rings is 2. The molecule has 0 N–H and O–H groups in total. The van der Waals surface area contributed by atoms with Crippen LogP contribution in [0.1, 0.15) is 25.0 Å². The molecule has 3 aromatic rings. The van der Waals surface area contributed by atoms with Gasteiger partial charge in [-0.05, 0) is 24.6 Å². The number of nitrogens with zero attached hydrogens (tertiary/aromatic N) is 3. The Bertz CT molecular complexity index is 1010. The van der Waals surface area contributed by atoms with Gasteiger partial charge in [0.1, 0.15) is 22.5 Å². The Kier molecular flexibility index (Phi) is 6.66. The minimum atomic E-state index is 0.214. The zero-order valence-electron chi connectivity index (χ0n) is 14.7. The molecular formula is C19H16Cl3N3O. The molecule has 0 unspecified atom stereocenters. The monoisotopic (exact) mass is 407 g/mol. The number of hydrogen-bond donors (Lipinski definition) is 0. The molecular weight excluding hydrogens is 393 g/mol. The summed E-state index contributed by atoms with van der Waals surface area (Å²) in [5.41, 5.74) is 3.30. The first-order chi connectivity index (χ1) is 12.5. The average Bonchev–Trinajstić information content (AvgIpc) is 2.66. The quantitative estimate of drug-likeness (QED) is 0.487. The Balaban J connectivity index is 0.00000117. The molecule has 0 bridgehead atoms. The third-order valence-corrected chi connectivity index (χ3v) is 4.67. The summed E-state index contributed by atoms with van der Waals surface area (Å²) >= 11 is 19.0. The van der Waals surface area contributed by atoms with Crippen LogP contribution in [0.15, 0.2) is 24.4 Å². The summed E-state index contributed by atoms with van der Waals surface area (Å²) in [6, 6.07) is 7.25. The first kappa shape index (κ1) is 20.3. The highest BCUT2D eigenvalue weighted by atomic mass is 35.5. The Hall–Kier alpha value is -2.06. The Morgan fingerprint density at radius 2 is 1.77 bits per heavy atom. The number of nitriles is 1. The van der Waals surface area contributed by atoms with Gasteiger partial charge in [0.25, 0.3) is 0 Å². The smallest absolute Gasteiger partial charge is 0.148 e. The van der Waals surface area contributed by atoms with Crippen molar-refractivity contribution in [1.29, 1.82) is 5.26 Å². The van der Waals surface area contributed by atoms with E-state index in [1.54, 1.807) is 18.2 Å². The van der Waals surface area contributed by atoms with Crippen LogP contribution in [0.3, 0.4) is 0 Å². The van der Waals surface area contributed by atoms with E-state index < -0.39 is 0 Å². The van der Waals surface area contributed by atoms with E-state index >= 15 is 0 Å². The van der Waals surface area contributed by atoms with Crippen molar-refractivity contribution in [3.63, 3.8) is 0 Å². The van der Waals surface area contributed by atoms with Crippen LogP contribution in [-0.4, -0.2) is 17.1 Å². The lowest BCUT2D eigenvalue weighted by Gasteiger charge is -2.15.